The van der Waals surface area contributed by atoms with E-state index < -0.39 is 48.8 Å². The number of benzene rings is 1. The highest BCUT2D eigenvalue weighted by molar-refractivity contribution is 5.99. The van der Waals surface area contributed by atoms with E-state index >= 15 is 4.39 Å². The minimum Gasteiger partial charge on any atom is -0.382 e. The second kappa shape index (κ2) is 11.8. The summed E-state index contributed by atoms with van der Waals surface area (Å²) in [5, 5.41) is 33.1. The number of nitrogens with zero attached hydrogens (tertiary/aromatic N) is 7. The molecule has 4 rings (SSSR count). The van der Waals surface area contributed by atoms with E-state index in [0.29, 0.717) is 0 Å². The lowest BCUT2D eigenvalue weighted by Crippen LogP contribution is -2.38. The molecule has 0 fully saturated rings. The molecule has 1 aromatic carbocycles. The minimum atomic E-state index is -4.56. The Balaban J connectivity index is 1.89. The third kappa shape index (κ3) is 6.02. The summed E-state index contributed by atoms with van der Waals surface area (Å²) in [6.45, 7) is 3.34. The Kier molecular flexibility index (Phi) is 8.48. The third-order valence-corrected chi connectivity index (χ3v) is 6.98. The number of hydrogen-bond acceptors (Lipinski definition) is 8. The lowest BCUT2D eigenvalue weighted by atomic mass is 9.92. The fraction of sp³-hybridized carbons (Fsp3) is 0.357. The number of rotatable bonds is 9. The summed E-state index contributed by atoms with van der Waals surface area (Å²) in [5.74, 6) is -1.77. The summed E-state index contributed by atoms with van der Waals surface area (Å²) in [5.41, 5.74) is -1.85. The van der Waals surface area contributed by atoms with Gasteiger partial charge >= 0.3 is 6.18 Å². The van der Waals surface area contributed by atoms with E-state index in [2.05, 4.69) is 30.9 Å². The van der Waals surface area contributed by atoms with Gasteiger partial charge < -0.3 is 10.6 Å². The van der Waals surface area contributed by atoms with Crippen LogP contribution >= 0.6 is 0 Å². The molecule has 0 amide bonds. The summed E-state index contributed by atoms with van der Waals surface area (Å²) in [7, 11) is 0. The van der Waals surface area contributed by atoms with Crippen molar-refractivity contribution in [2.75, 3.05) is 23.9 Å². The van der Waals surface area contributed by atoms with Crippen LogP contribution in [0.4, 0.5) is 37.7 Å². The van der Waals surface area contributed by atoms with E-state index in [9.17, 15) is 32.5 Å². The highest BCUT2D eigenvalue weighted by atomic mass is 19.4. The number of pyridine rings is 2. The van der Waals surface area contributed by atoms with Gasteiger partial charge in [0, 0.05) is 35.1 Å². The zero-order valence-electron chi connectivity index (χ0n) is 23.4. The summed E-state index contributed by atoms with van der Waals surface area (Å²) in [4.78, 5) is 7.97. The van der Waals surface area contributed by atoms with Gasteiger partial charge in [-0.3, -0.25) is 4.98 Å². The molecule has 4 aromatic rings. The molecule has 0 saturated carbocycles. The standard InChI is InChI=1S/C28H25F6N9/c1-14(9-29)43-26(31)25(41-42-43)24(19-5-6-21(30)39-15(19)2)40-18-7-16(10-35)22-20(8-18)23(17(11-36)12-37-22)38-13-27(3,4)28(32,33)34/h5-8,12,14,24,40H,9,13H2,1-4H3,(H,37,38)/t14?,24-/m0/s1. The van der Waals surface area contributed by atoms with Gasteiger partial charge in [-0.15, -0.1) is 5.10 Å². The normalized spacial score (nSPS) is 13.3. The second-order valence-electron chi connectivity index (χ2n) is 10.5. The van der Waals surface area contributed by atoms with Crippen molar-refractivity contribution in [2.45, 2.75) is 46.0 Å². The van der Waals surface area contributed by atoms with Crippen LogP contribution in [0.1, 0.15) is 60.9 Å². The molecule has 224 valence electrons. The maximum atomic E-state index is 15.5. The van der Waals surface area contributed by atoms with E-state index in [4.69, 9.17) is 0 Å². The van der Waals surface area contributed by atoms with Crippen LogP contribution in [0.25, 0.3) is 10.9 Å². The fourth-order valence-corrected chi connectivity index (χ4v) is 4.28. The number of anilines is 2. The van der Waals surface area contributed by atoms with Gasteiger partial charge in [-0.1, -0.05) is 11.3 Å². The van der Waals surface area contributed by atoms with Gasteiger partial charge in [-0.2, -0.15) is 32.5 Å². The van der Waals surface area contributed by atoms with Crippen molar-refractivity contribution in [3.8, 4) is 12.1 Å². The topological polar surface area (TPSA) is 128 Å². The number of nitrogens with one attached hydrogen (secondary N) is 2. The van der Waals surface area contributed by atoms with Gasteiger partial charge in [-0.25, -0.2) is 14.1 Å². The van der Waals surface area contributed by atoms with Crippen LogP contribution in [-0.4, -0.2) is 44.4 Å². The van der Waals surface area contributed by atoms with Crippen molar-refractivity contribution in [3.63, 3.8) is 0 Å². The number of hydrogen-bond donors (Lipinski definition) is 2. The number of nitriles is 2. The Morgan fingerprint density at radius 3 is 2.37 bits per heavy atom. The Labute approximate surface area is 242 Å². The zero-order valence-corrected chi connectivity index (χ0v) is 23.4. The molecular formula is C28H25F6N9. The summed E-state index contributed by atoms with van der Waals surface area (Å²) >= 11 is 0. The lowest BCUT2D eigenvalue weighted by molar-refractivity contribution is -0.206. The molecule has 0 aliphatic rings. The van der Waals surface area contributed by atoms with Crippen LogP contribution in [0.15, 0.2) is 30.5 Å². The number of halogens is 6. The SMILES string of the molecule is Cc1nc(F)ccc1[C@H](Nc1cc(C#N)c2ncc(C#N)c(NCC(C)(C)C(F)(F)F)c2c1)c1nnn(C(C)CF)c1F. The van der Waals surface area contributed by atoms with Crippen LogP contribution in [0.3, 0.4) is 0 Å². The molecule has 0 spiro atoms. The molecule has 0 saturated heterocycles. The van der Waals surface area contributed by atoms with Crippen LogP contribution < -0.4 is 10.6 Å². The van der Waals surface area contributed by atoms with E-state index in [1.54, 1.807) is 0 Å². The minimum absolute atomic E-state index is 0.00879. The first-order chi connectivity index (χ1) is 20.2. The zero-order chi connectivity index (χ0) is 31.7. The average Bonchev–Trinajstić information content (AvgIpc) is 3.34. The van der Waals surface area contributed by atoms with Crippen molar-refractivity contribution < 1.29 is 26.3 Å². The number of aryl methyl sites for hydroxylation is 1. The van der Waals surface area contributed by atoms with Gasteiger partial charge in [0.05, 0.1) is 33.8 Å². The van der Waals surface area contributed by atoms with Gasteiger partial charge in [0.1, 0.15) is 30.5 Å². The largest absolute Gasteiger partial charge is 0.395 e. The molecule has 0 bridgehead atoms. The molecule has 2 N–H and O–H groups in total. The van der Waals surface area contributed by atoms with Crippen LogP contribution in [0.5, 0.6) is 0 Å². The van der Waals surface area contributed by atoms with E-state index in [1.165, 1.54) is 32.0 Å². The summed E-state index contributed by atoms with van der Waals surface area (Å²) in [6, 6.07) is 6.91. The molecule has 9 nitrogen and oxygen atoms in total. The van der Waals surface area contributed by atoms with Crippen molar-refractivity contribution >= 4 is 22.3 Å². The highest BCUT2D eigenvalue weighted by Gasteiger charge is 2.47. The Morgan fingerprint density at radius 1 is 1.07 bits per heavy atom. The molecular weight excluding hydrogens is 576 g/mol. The molecule has 2 atom stereocenters. The molecule has 0 aliphatic carbocycles. The first kappa shape index (κ1) is 31.0. The summed E-state index contributed by atoms with van der Waals surface area (Å²) < 4.78 is 84.2. The van der Waals surface area contributed by atoms with E-state index in [1.807, 2.05) is 12.1 Å². The van der Waals surface area contributed by atoms with Crippen LogP contribution in [-0.2, 0) is 0 Å². The number of aromatic nitrogens is 5. The molecule has 43 heavy (non-hydrogen) atoms. The molecule has 0 aliphatic heterocycles. The number of alkyl halides is 4. The first-order valence-electron chi connectivity index (χ1n) is 12.9. The second-order valence-corrected chi connectivity index (χ2v) is 10.5. The van der Waals surface area contributed by atoms with Crippen molar-refractivity contribution in [3.05, 3.63) is 70.4 Å². The average molecular weight is 602 g/mol. The highest BCUT2D eigenvalue weighted by Crippen LogP contribution is 2.39. The van der Waals surface area contributed by atoms with Crippen LogP contribution in [0.2, 0.25) is 0 Å². The third-order valence-electron chi connectivity index (χ3n) is 6.98. The molecule has 3 heterocycles. The molecule has 15 heteroatoms. The molecule has 3 aromatic heterocycles. The Morgan fingerprint density at radius 2 is 1.77 bits per heavy atom. The van der Waals surface area contributed by atoms with Crippen LogP contribution in [0, 0.1) is 46.9 Å². The summed E-state index contributed by atoms with van der Waals surface area (Å²) in [6.07, 6.45) is -3.41. The molecule has 0 radical (unpaired) electrons. The Bertz CT molecular complexity index is 1750. The predicted molar refractivity (Wildman–Crippen MR) is 145 cm³/mol. The van der Waals surface area contributed by atoms with Gasteiger partial charge in [0.25, 0.3) is 0 Å². The monoisotopic (exact) mass is 601 g/mol. The van der Waals surface area contributed by atoms with E-state index in [0.717, 1.165) is 30.8 Å². The van der Waals surface area contributed by atoms with Crippen molar-refractivity contribution in [1.29, 1.82) is 10.5 Å². The quantitative estimate of drug-likeness (QED) is 0.169. The predicted octanol–water partition coefficient (Wildman–Crippen LogP) is 6.28. The lowest BCUT2D eigenvalue weighted by Gasteiger charge is -2.28. The fourth-order valence-electron chi connectivity index (χ4n) is 4.28. The smallest absolute Gasteiger partial charge is 0.382 e. The van der Waals surface area contributed by atoms with E-state index in [-0.39, 0.29) is 50.4 Å². The molecule has 1 unspecified atom stereocenters. The number of fused-ring (bicyclic) bond motifs is 1. The van der Waals surface area contributed by atoms with Gasteiger partial charge in [0.2, 0.25) is 11.9 Å². The maximum absolute atomic E-state index is 15.5. The Hall–Kier alpha value is -4.92. The van der Waals surface area contributed by atoms with Gasteiger partial charge in [0.15, 0.2) is 0 Å². The first-order valence-corrected chi connectivity index (χ1v) is 12.9. The maximum Gasteiger partial charge on any atom is 0.395 e. The van der Waals surface area contributed by atoms with Crippen molar-refractivity contribution in [1.82, 2.24) is 25.0 Å². The van der Waals surface area contributed by atoms with Crippen molar-refractivity contribution in [2.24, 2.45) is 5.41 Å². The van der Waals surface area contributed by atoms with Gasteiger partial charge in [-0.05, 0) is 45.9 Å².